The predicted molar refractivity (Wildman–Crippen MR) is 95.6 cm³/mol. The van der Waals surface area contributed by atoms with Crippen molar-refractivity contribution in [3.05, 3.63) is 58.7 Å². The Bertz CT molecular complexity index is 629. The molecule has 2 aromatic rings. The van der Waals surface area contributed by atoms with Crippen LogP contribution in [0.25, 0.3) is 0 Å². The van der Waals surface area contributed by atoms with Crippen LogP contribution in [0, 0.1) is 20.8 Å². The zero-order valence-electron chi connectivity index (χ0n) is 14.6. The van der Waals surface area contributed by atoms with Crippen LogP contribution < -0.4 is 15.2 Å². The van der Waals surface area contributed by atoms with E-state index in [0.29, 0.717) is 13.2 Å². The molecule has 3 heteroatoms. The summed E-state index contributed by atoms with van der Waals surface area (Å²) in [5.74, 6) is 2.14. The van der Waals surface area contributed by atoms with E-state index in [1.54, 1.807) is 7.11 Å². The van der Waals surface area contributed by atoms with Crippen LogP contribution in [0.4, 0.5) is 0 Å². The summed E-state index contributed by atoms with van der Waals surface area (Å²) in [5, 5.41) is 0. The highest BCUT2D eigenvalue weighted by Gasteiger charge is 2.12. The third kappa shape index (κ3) is 4.49. The summed E-state index contributed by atoms with van der Waals surface area (Å²) in [5.41, 5.74) is 10.8. The molecule has 124 valence electrons. The first-order valence-corrected chi connectivity index (χ1v) is 8.09. The van der Waals surface area contributed by atoms with E-state index in [4.69, 9.17) is 15.2 Å². The van der Waals surface area contributed by atoms with Crippen molar-refractivity contribution in [1.29, 1.82) is 0 Å². The number of benzene rings is 2. The molecular formula is C20H27NO2. The first-order chi connectivity index (χ1) is 11.0. The van der Waals surface area contributed by atoms with Gasteiger partial charge in [-0.3, -0.25) is 0 Å². The van der Waals surface area contributed by atoms with E-state index >= 15 is 0 Å². The fraction of sp³-hybridized carbons (Fsp3) is 0.400. The van der Waals surface area contributed by atoms with Crippen molar-refractivity contribution < 1.29 is 9.47 Å². The van der Waals surface area contributed by atoms with Gasteiger partial charge in [-0.25, -0.2) is 0 Å². The van der Waals surface area contributed by atoms with Gasteiger partial charge in [0.15, 0.2) is 0 Å². The maximum atomic E-state index is 6.05. The molecule has 1 unspecified atom stereocenters. The molecule has 0 aromatic heterocycles. The number of ether oxygens (including phenoxy) is 2. The Morgan fingerprint density at radius 3 is 2.35 bits per heavy atom. The Morgan fingerprint density at radius 2 is 1.74 bits per heavy atom. The third-order valence-electron chi connectivity index (χ3n) is 4.17. The third-order valence-corrected chi connectivity index (χ3v) is 4.17. The van der Waals surface area contributed by atoms with Crippen molar-refractivity contribution in [1.82, 2.24) is 0 Å². The first kappa shape index (κ1) is 17.4. The Balaban J connectivity index is 2.01. The number of nitrogens with two attached hydrogens (primary N) is 1. The van der Waals surface area contributed by atoms with Gasteiger partial charge in [-0.15, -0.1) is 0 Å². The Kier molecular flexibility index (Phi) is 6.05. The van der Waals surface area contributed by atoms with Crippen molar-refractivity contribution >= 4 is 0 Å². The van der Waals surface area contributed by atoms with Crippen LogP contribution in [-0.4, -0.2) is 20.3 Å². The van der Waals surface area contributed by atoms with E-state index in [1.165, 1.54) is 22.3 Å². The summed E-state index contributed by atoms with van der Waals surface area (Å²) in [6, 6.07) is 12.4. The van der Waals surface area contributed by atoms with Gasteiger partial charge in [0, 0.05) is 0 Å². The van der Waals surface area contributed by atoms with Crippen molar-refractivity contribution in [2.75, 3.05) is 20.3 Å². The van der Waals surface area contributed by atoms with Crippen LogP contribution in [0.15, 0.2) is 36.4 Å². The number of hydrogen-bond acceptors (Lipinski definition) is 3. The minimum atomic E-state index is 0.274. The number of hydrogen-bond donors (Lipinski definition) is 1. The molecular weight excluding hydrogens is 286 g/mol. The van der Waals surface area contributed by atoms with E-state index in [2.05, 4.69) is 45.0 Å². The average Bonchev–Trinajstić information content (AvgIpc) is 2.53. The smallest absolute Gasteiger partial charge is 0.125 e. The van der Waals surface area contributed by atoms with Crippen LogP contribution in [0.5, 0.6) is 11.5 Å². The van der Waals surface area contributed by atoms with Crippen LogP contribution in [0.1, 0.15) is 34.6 Å². The van der Waals surface area contributed by atoms with Gasteiger partial charge in [0.05, 0.1) is 13.7 Å². The van der Waals surface area contributed by atoms with Crippen molar-refractivity contribution in [2.24, 2.45) is 5.73 Å². The molecule has 0 bridgehead atoms. The number of rotatable bonds is 7. The average molecular weight is 313 g/mol. The zero-order valence-corrected chi connectivity index (χ0v) is 14.6. The summed E-state index contributed by atoms with van der Waals surface area (Å²) in [4.78, 5) is 0. The van der Waals surface area contributed by atoms with Gasteiger partial charge in [0.1, 0.15) is 11.5 Å². The number of aryl methyl sites for hydroxylation is 3. The molecule has 0 heterocycles. The number of methoxy groups -OCH3 is 1. The molecule has 23 heavy (non-hydrogen) atoms. The van der Waals surface area contributed by atoms with Gasteiger partial charge in [-0.05, 0) is 68.5 Å². The highest BCUT2D eigenvalue weighted by Crippen LogP contribution is 2.27. The second kappa shape index (κ2) is 8.02. The second-order valence-electron chi connectivity index (χ2n) is 6.07. The van der Waals surface area contributed by atoms with Crippen molar-refractivity contribution in [3.63, 3.8) is 0 Å². The van der Waals surface area contributed by atoms with E-state index in [9.17, 15) is 0 Å². The SMILES string of the molecule is COc1cccc(C(CN)CCOc2c(C)cc(C)cc2C)c1. The van der Waals surface area contributed by atoms with Gasteiger partial charge in [-0.2, -0.15) is 0 Å². The molecule has 0 saturated heterocycles. The van der Waals surface area contributed by atoms with Gasteiger partial charge in [0.25, 0.3) is 0 Å². The maximum Gasteiger partial charge on any atom is 0.125 e. The topological polar surface area (TPSA) is 44.5 Å². The monoisotopic (exact) mass is 313 g/mol. The second-order valence-corrected chi connectivity index (χ2v) is 6.07. The lowest BCUT2D eigenvalue weighted by atomic mass is 9.96. The summed E-state index contributed by atoms with van der Waals surface area (Å²) in [7, 11) is 1.68. The van der Waals surface area contributed by atoms with Crippen LogP contribution >= 0.6 is 0 Å². The minimum absolute atomic E-state index is 0.274. The summed E-state index contributed by atoms with van der Waals surface area (Å²) in [6.07, 6.45) is 0.885. The lowest BCUT2D eigenvalue weighted by Gasteiger charge is -2.18. The van der Waals surface area contributed by atoms with E-state index in [-0.39, 0.29) is 5.92 Å². The highest BCUT2D eigenvalue weighted by molar-refractivity contribution is 5.43. The van der Waals surface area contributed by atoms with E-state index in [0.717, 1.165) is 17.9 Å². The molecule has 0 saturated carbocycles. The van der Waals surface area contributed by atoms with Gasteiger partial charge >= 0.3 is 0 Å². The summed E-state index contributed by atoms with van der Waals surface area (Å²) in [6.45, 7) is 7.55. The maximum absolute atomic E-state index is 6.05. The molecule has 2 rings (SSSR count). The minimum Gasteiger partial charge on any atom is -0.497 e. The quantitative estimate of drug-likeness (QED) is 0.836. The lowest BCUT2D eigenvalue weighted by molar-refractivity contribution is 0.294. The van der Waals surface area contributed by atoms with Gasteiger partial charge < -0.3 is 15.2 Å². The van der Waals surface area contributed by atoms with Crippen LogP contribution in [0.2, 0.25) is 0 Å². The van der Waals surface area contributed by atoms with E-state index < -0.39 is 0 Å². The molecule has 0 fully saturated rings. The van der Waals surface area contributed by atoms with Crippen LogP contribution in [-0.2, 0) is 0 Å². The molecule has 0 radical (unpaired) electrons. The molecule has 2 aromatic carbocycles. The predicted octanol–water partition coefficient (Wildman–Crippen LogP) is 4.13. The standard InChI is InChI=1S/C20H27NO2/c1-14-10-15(2)20(16(3)11-14)23-9-8-18(13-21)17-6-5-7-19(12-17)22-4/h5-7,10-12,18H,8-9,13,21H2,1-4H3. The molecule has 2 N–H and O–H groups in total. The van der Waals surface area contributed by atoms with Crippen molar-refractivity contribution in [2.45, 2.75) is 33.1 Å². The van der Waals surface area contributed by atoms with Crippen LogP contribution in [0.3, 0.4) is 0 Å². The normalized spacial score (nSPS) is 12.0. The fourth-order valence-electron chi connectivity index (χ4n) is 3.01. The molecule has 3 nitrogen and oxygen atoms in total. The Morgan fingerprint density at radius 1 is 1.04 bits per heavy atom. The molecule has 0 amide bonds. The molecule has 0 aliphatic heterocycles. The summed E-state index contributed by atoms with van der Waals surface area (Å²) >= 11 is 0. The van der Waals surface area contributed by atoms with Gasteiger partial charge in [-0.1, -0.05) is 29.8 Å². The lowest BCUT2D eigenvalue weighted by Crippen LogP contribution is -2.16. The molecule has 0 spiro atoms. The molecule has 0 aliphatic carbocycles. The van der Waals surface area contributed by atoms with E-state index in [1.807, 2.05) is 12.1 Å². The Labute approximate surface area is 139 Å². The van der Waals surface area contributed by atoms with Crippen molar-refractivity contribution in [3.8, 4) is 11.5 Å². The highest BCUT2D eigenvalue weighted by atomic mass is 16.5. The summed E-state index contributed by atoms with van der Waals surface area (Å²) < 4.78 is 11.3. The first-order valence-electron chi connectivity index (χ1n) is 8.09. The Hall–Kier alpha value is -2.00. The fourth-order valence-corrected chi connectivity index (χ4v) is 3.01. The largest absolute Gasteiger partial charge is 0.497 e. The molecule has 0 aliphatic rings. The zero-order chi connectivity index (χ0) is 16.8. The van der Waals surface area contributed by atoms with Gasteiger partial charge in [0.2, 0.25) is 0 Å². The molecule has 1 atom stereocenters.